The Kier molecular flexibility index (Phi) is 3.84. The third-order valence-corrected chi connectivity index (χ3v) is 3.53. The Labute approximate surface area is 106 Å². The molecule has 0 spiro atoms. The summed E-state index contributed by atoms with van der Waals surface area (Å²) in [5.74, 6) is -2.63. The Morgan fingerprint density at radius 3 is 1.56 bits per heavy atom. The highest BCUT2D eigenvalue weighted by molar-refractivity contribution is 6.06. The van der Waals surface area contributed by atoms with E-state index in [0.29, 0.717) is 35.4 Å². The molecule has 0 aliphatic carbocycles. The number of hydrogen-bond acceptors (Lipinski definition) is 3. The molecule has 0 amide bonds. The van der Waals surface area contributed by atoms with E-state index in [0.717, 1.165) is 0 Å². The minimum Gasteiger partial charge on any atom is -0.480 e. The van der Waals surface area contributed by atoms with Crippen molar-refractivity contribution < 1.29 is 19.8 Å². The van der Waals surface area contributed by atoms with E-state index in [-0.39, 0.29) is 0 Å². The zero-order chi connectivity index (χ0) is 14.1. The zero-order valence-electron chi connectivity index (χ0n) is 11.1. The van der Waals surface area contributed by atoms with Crippen molar-refractivity contribution >= 4 is 11.9 Å². The van der Waals surface area contributed by atoms with Gasteiger partial charge in [0.1, 0.15) is 0 Å². The summed E-state index contributed by atoms with van der Waals surface area (Å²) >= 11 is 0. The first-order valence-electron chi connectivity index (χ1n) is 5.98. The second-order valence-corrected chi connectivity index (χ2v) is 4.40. The van der Waals surface area contributed by atoms with Gasteiger partial charge in [-0.25, -0.2) is 0 Å². The van der Waals surface area contributed by atoms with Gasteiger partial charge in [0, 0.05) is 11.4 Å². The number of carboxylic acid groups (broad SMARTS) is 2. The number of dihydropyridines is 1. The maximum absolute atomic E-state index is 11.7. The maximum atomic E-state index is 11.7. The van der Waals surface area contributed by atoms with Crippen LogP contribution in [0.25, 0.3) is 0 Å². The lowest BCUT2D eigenvalue weighted by Gasteiger charge is -2.37. The van der Waals surface area contributed by atoms with Gasteiger partial charge < -0.3 is 15.5 Å². The van der Waals surface area contributed by atoms with Crippen molar-refractivity contribution in [1.29, 1.82) is 0 Å². The third kappa shape index (κ3) is 1.70. The smallest absolute Gasteiger partial charge is 0.329 e. The van der Waals surface area contributed by atoms with Crippen molar-refractivity contribution in [3.63, 3.8) is 0 Å². The van der Waals surface area contributed by atoms with Crippen LogP contribution in [-0.4, -0.2) is 22.2 Å². The fourth-order valence-electron chi connectivity index (χ4n) is 2.85. The van der Waals surface area contributed by atoms with Gasteiger partial charge in [0.25, 0.3) is 0 Å². The second-order valence-electron chi connectivity index (χ2n) is 4.40. The first kappa shape index (κ1) is 14.3. The molecule has 0 aromatic rings. The highest BCUT2D eigenvalue weighted by Gasteiger charge is 2.54. The average molecular weight is 253 g/mol. The topological polar surface area (TPSA) is 86.6 Å². The molecule has 0 bridgehead atoms. The molecular formula is C13H19NO4. The summed E-state index contributed by atoms with van der Waals surface area (Å²) in [7, 11) is 0. The number of nitrogens with one attached hydrogen (secondary N) is 1. The highest BCUT2D eigenvalue weighted by atomic mass is 16.4. The summed E-state index contributed by atoms with van der Waals surface area (Å²) in [5.41, 5.74) is 0.173. The average Bonchev–Trinajstić information content (AvgIpc) is 2.26. The Morgan fingerprint density at radius 2 is 1.33 bits per heavy atom. The molecule has 1 aliphatic heterocycles. The fraction of sp³-hybridized carbons (Fsp3) is 0.538. The molecule has 0 saturated heterocycles. The molecule has 1 rings (SSSR count). The van der Waals surface area contributed by atoms with Gasteiger partial charge in [0.2, 0.25) is 5.41 Å². The van der Waals surface area contributed by atoms with Crippen molar-refractivity contribution in [2.24, 2.45) is 5.41 Å². The summed E-state index contributed by atoms with van der Waals surface area (Å²) in [4.78, 5) is 23.3. The first-order chi connectivity index (χ1) is 8.33. The van der Waals surface area contributed by atoms with Crippen LogP contribution in [0.3, 0.4) is 0 Å². The molecule has 1 aliphatic rings. The standard InChI is InChI=1S/C13H19NO4/c1-5-9-7(3)14-8(4)10(6-2)13(9,11(15)16)12(17)18/h14H,5-6H2,1-4H3,(H,15,16)(H,17,18). The van der Waals surface area contributed by atoms with Crippen LogP contribution in [0, 0.1) is 5.41 Å². The number of rotatable bonds is 4. The number of hydrogen-bond donors (Lipinski definition) is 3. The Bertz CT molecular complexity index is 418. The minimum atomic E-state index is -1.91. The molecule has 0 unspecified atom stereocenters. The second kappa shape index (κ2) is 4.84. The summed E-state index contributed by atoms with van der Waals surface area (Å²) in [6.45, 7) is 6.98. The molecule has 0 radical (unpaired) electrons. The summed E-state index contributed by atoms with van der Waals surface area (Å²) < 4.78 is 0. The SMILES string of the molecule is CCC1=C(C)NC(C)=C(CC)C1(C(=O)O)C(=O)O. The molecule has 18 heavy (non-hydrogen) atoms. The molecule has 0 saturated carbocycles. The lowest BCUT2D eigenvalue weighted by atomic mass is 9.68. The first-order valence-corrected chi connectivity index (χ1v) is 5.98. The molecule has 1 heterocycles. The Morgan fingerprint density at radius 1 is 1.00 bits per heavy atom. The van der Waals surface area contributed by atoms with E-state index in [4.69, 9.17) is 0 Å². The molecule has 0 aromatic heterocycles. The summed E-state index contributed by atoms with van der Waals surface area (Å²) in [6.07, 6.45) is 0.766. The molecule has 3 N–H and O–H groups in total. The van der Waals surface area contributed by atoms with Crippen molar-refractivity contribution in [1.82, 2.24) is 5.32 Å². The van der Waals surface area contributed by atoms with Gasteiger partial charge in [-0.2, -0.15) is 0 Å². The number of carbonyl (C=O) groups is 2. The van der Waals surface area contributed by atoms with E-state index < -0.39 is 17.4 Å². The predicted octanol–water partition coefficient (Wildman–Crippen LogP) is 2.11. The van der Waals surface area contributed by atoms with Gasteiger partial charge in [0.05, 0.1) is 0 Å². The van der Waals surface area contributed by atoms with Crippen molar-refractivity contribution in [3.05, 3.63) is 22.5 Å². The lowest BCUT2D eigenvalue weighted by molar-refractivity contribution is -0.159. The van der Waals surface area contributed by atoms with Crippen LogP contribution in [0.5, 0.6) is 0 Å². The van der Waals surface area contributed by atoms with Crippen molar-refractivity contribution in [2.45, 2.75) is 40.5 Å². The molecular weight excluding hydrogens is 234 g/mol. The highest BCUT2D eigenvalue weighted by Crippen LogP contribution is 2.44. The van der Waals surface area contributed by atoms with E-state index in [1.165, 1.54) is 0 Å². The van der Waals surface area contributed by atoms with Crippen LogP contribution in [0.4, 0.5) is 0 Å². The normalized spacial score (nSPS) is 18.7. The van der Waals surface area contributed by atoms with Gasteiger partial charge in [-0.3, -0.25) is 9.59 Å². The van der Waals surface area contributed by atoms with E-state index in [2.05, 4.69) is 5.32 Å². The van der Waals surface area contributed by atoms with E-state index in [1.807, 2.05) is 0 Å². The Balaban J connectivity index is 3.69. The molecule has 100 valence electrons. The lowest BCUT2D eigenvalue weighted by Crippen LogP contribution is -2.47. The molecule has 5 heteroatoms. The molecule has 0 aromatic carbocycles. The van der Waals surface area contributed by atoms with Gasteiger partial charge in [0.15, 0.2) is 0 Å². The van der Waals surface area contributed by atoms with E-state index in [9.17, 15) is 19.8 Å². The van der Waals surface area contributed by atoms with Gasteiger partial charge in [-0.1, -0.05) is 13.8 Å². The van der Waals surface area contributed by atoms with Crippen LogP contribution in [0.2, 0.25) is 0 Å². The number of aliphatic carboxylic acids is 2. The monoisotopic (exact) mass is 253 g/mol. The van der Waals surface area contributed by atoms with Gasteiger partial charge in [-0.15, -0.1) is 0 Å². The van der Waals surface area contributed by atoms with Gasteiger partial charge >= 0.3 is 11.9 Å². The van der Waals surface area contributed by atoms with Crippen LogP contribution in [0.15, 0.2) is 22.5 Å². The van der Waals surface area contributed by atoms with Crippen LogP contribution in [-0.2, 0) is 9.59 Å². The number of carboxylic acids is 2. The summed E-state index contributed by atoms with van der Waals surface area (Å²) in [5, 5.41) is 22.1. The number of allylic oxidation sites excluding steroid dienone is 2. The zero-order valence-corrected chi connectivity index (χ0v) is 11.1. The van der Waals surface area contributed by atoms with E-state index >= 15 is 0 Å². The quantitative estimate of drug-likeness (QED) is 0.668. The third-order valence-electron chi connectivity index (χ3n) is 3.53. The maximum Gasteiger partial charge on any atom is 0.329 e. The minimum absolute atomic E-state index is 0.383. The fourth-order valence-corrected chi connectivity index (χ4v) is 2.85. The molecule has 0 atom stereocenters. The largest absolute Gasteiger partial charge is 0.480 e. The van der Waals surface area contributed by atoms with Crippen LogP contribution < -0.4 is 5.32 Å². The van der Waals surface area contributed by atoms with Crippen molar-refractivity contribution in [2.75, 3.05) is 0 Å². The van der Waals surface area contributed by atoms with E-state index in [1.54, 1.807) is 27.7 Å². The van der Waals surface area contributed by atoms with Crippen LogP contribution >= 0.6 is 0 Å². The molecule has 0 fully saturated rings. The van der Waals surface area contributed by atoms with Crippen molar-refractivity contribution in [3.8, 4) is 0 Å². The Hall–Kier alpha value is -1.78. The molecule has 5 nitrogen and oxygen atoms in total. The van der Waals surface area contributed by atoms with Crippen LogP contribution in [0.1, 0.15) is 40.5 Å². The van der Waals surface area contributed by atoms with Gasteiger partial charge in [-0.05, 0) is 37.8 Å². The summed E-state index contributed by atoms with van der Waals surface area (Å²) in [6, 6.07) is 0. The predicted molar refractivity (Wildman–Crippen MR) is 66.8 cm³/mol.